The number of aromatic amines is 1. The van der Waals surface area contributed by atoms with Gasteiger partial charge in [0.25, 0.3) is 0 Å². The number of fused-ring (bicyclic) bond motifs is 1. The molecule has 136 valence electrons. The van der Waals surface area contributed by atoms with Crippen LogP contribution in [0.15, 0.2) is 42.5 Å². The minimum atomic E-state index is -0.827. The van der Waals surface area contributed by atoms with Crippen molar-refractivity contribution in [1.82, 2.24) is 4.98 Å². The molecule has 4 nitrogen and oxygen atoms in total. The molecule has 0 bridgehead atoms. The molecule has 0 aliphatic carbocycles. The van der Waals surface area contributed by atoms with Gasteiger partial charge in [0.1, 0.15) is 5.75 Å². The van der Waals surface area contributed by atoms with E-state index in [2.05, 4.69) is 30.1 Å². The van der Waals surface area contributed by atoms with Gasteiger partial charge in [0.05, 0.1) is 18.7 Å². The van der Waals surface area contributed by atoms with Crippen molar-refractivity contribution in [3.63, 3.8) is 0 Å². The summed E-state index contributed by atoms with van der Waals surface area (Å²) in [6.07, 6.45) is 3.28. The minimum Gasteiger partial charge on any atom is -0.494 e. The van der Waals surface area contributed by atoms with Crippen LogP contribution in [0, 0.1) is 0 Å². The number of nitrogens with one attached hydrogen (secondary N) is 1. The van der Waals surface area contributed by atoms with Crippen LogP contribution in [0.1, 0.15) is 37.8 Å². The fourth-order valence-corrected chi connectivity index (χ4v) is 3.32. The summed E-state index contributed by atoms with van der Waals surface area (Å²) in [5, 5.41) is 10.4. The van der Waals surface area contributed by atoms with E-state index in [0.717, 1.165) is 52.7 Å². The second-order valence-electron chi connectivity index (χ2n) is 6.49. The number of carboxylic acids is 1. The predicted octanol–water partition coefficient (Wildman–Crippen LogP) is 5.20. The Morgan fingerprint density at radius 2 is 2.00 bits per heavy atom. The van der Waals surface area contributed by atoms with Crippen molar-refractivity contribution < 1.29 is 14.6 Å². The van der Waals surface area contributed by atoms with E-state index in [-0.39, 0.29) is 6.42 Å². The van der Waals surface area contributed by atoms with Gasteiger partial charge in [-0.25, -0.2) is 0 Å². The van der Waals surface area contributed by atoms with Crippen molar-refractivity contribution in [3.8, 4) is 17.0 Å². The van der Waals surface area contributed by atoms with Crippen LogP contribution in [-0.2, 0) is 17.6 Å². The maximum atomic E-state index is 11.5. The molecule has 0 fully saturated rings. The number of hydrogen-bond acceptors (Lipinski definition) is 2. The number of unbranched alkanes of at least 4 members (excludes halogenated alkanes) is 1. The zero-order valence-electron chi connectivity index (χ0n) is 15.3. The van der Waals surface area contributed by atoms with Crippen LogP contribution in [0.4, 0.5) is 0 Å². The van der Waals surface area contributed by atoms with Crippen LogP contribution in [-0.4, -0.2) is 22.7 Å². The van der Waals surface area contributed by atoms with Gasteiger partial charge in [-0.05, 0) is 55.2 Å². The van der Waals surface area contributed by atoms with Gasteiger partial charge in [-0.1, -0.05) is 31.5 Å². The highest BCUT2D eigenvalue weighted by molar-refractivity contribution is 5.94. The summed E-state index contributed by atoms with van der Waals surface area (Å²) in [6.45, 7) is 4.72. The Balaban J connectivity index is 2.11. The standard InChI is InChI=1S/C22H25NO3/c1-3-5-7-15-10-11-20-18(12-15)19(14-21(24)25)22(23-20)16-8-6-9-17(13-16)26-4-2/h6,8-13,23H,3-5,7,14H2,1-2H3,(H,24,25). The van der Waals surface area contributed by atoms with Crippen molar-refractivity contribution in [2.45, 2.75) is 39.5 Å². The molecule has 0 spiro atoms. The Bertz CT molecular complexity index is 911. The summed E-state index contributed by atoms with van der Waals surface area (Å²) in [7, 11) is 0. The Morgan fingerprint density at radius 1 is 1.15 bits per heavy atom. The van der Waals surface area contributed by atoms with Crippen LogP contribution in [0.2, 0.25) is 0 Å². The fraction of sp³-hybridized carbons (Fsp3) is 0.318. The molecule has 0 saturated heterocycles. The molecule has 1 heterocycles. The number of benzene rings is 2. The number of aliphatic carboxylic acids is 1. The zero-order chi connectivity index (χ0) is 18.5. The lowest BCUT2D eigenvalue weighted by Crippen LogP contribution is -2.01. The van der Waals surface area contributed by atoms with E-state index in [0.29, 0.717) is 6.61 Å². The molecule has 3 rings (SSSR count). The molecule has 0 aliphatic heterocycles. The summed E-state index contributed by atoms with van der Waals surface area (Å²) in [5.74, 6) is -0.0411. The third kappa shape index (κ3) is 3.90. The maximum absolute atomic E-state index is 11.5. The number of rotatable bonds is 8. The maximum Gasteiger partial charge on any atom is 0.307 e. The molecule has 2 aromatic carbocycles. The van der Waals surface area contributed by atoms with E-state index >= 15 is 0 Å². The van der Waals surface area contributed by atoms with Crippen molar-refractivity contribution in [2.24, 2.45) is 0 Å². The highest BCUT2D eigenvalue weighted by Gasteiger charge is 2.16. The Labute approximate surface area is 153 Å². The van der Waals surface area contributed by atoms with Crippen LogP contribution in [0.5, 0.6) is 5.75 Å². The van der Waals surface area contributed by atoms with Crippen LogP contribution < -0.4 is 4.74 Å². The predicted molar refractivity (Wildman–Crippen MR) is 105 cm³/mol. The quantitative estimate of drug-likeness (QED) is 0.586. The Morgan fingerprint density at radius 3 is 2.73 bits per heavy atom. The molecular formula is C22H25NO3. The first-order valence-corrected chi connectivity index (χ1v) is 9.20. The highest BCUT2D eigenvalue weighted by atomic mass is 16.5. The van der Waals surface area contributed by atoms with Crippen LogP contribution in [0.3, 0.4) is 0 Å². The molecule has 0 amide bonds. The second kappa shape index (κ2) is 8.09. The highest BCUT2D eigenvalue weighted by Crippen LogP contribution is 2.33. The number of aryl methyl sites for hydroxylation is 1. The van der Waals surface area contributed by atoms with Gasteiger partial charge >= 0.3 is 5.97 Å². The molecular weight excluding hydrogens is 326 g/mol. The minimum absolute atomic E-state index is 0.00850. The lowest BCUT2D eigenvalue weighted by Gasteiger charge is -2.07. The third-order valence-corrected chi connectivity index (χ3v) is 4.55. The van der Waals surface area contributed by atoms with E-state index in [1.165, 1.54) is 5.56 Å². The SMILES string of the molecule is CCCCc1ccc2[nH]c(-c3cccc(OCC)c3)c(CC(=O)O)c2c1. The van der Waals surface area contributed by atoms with E-state index < -0.39 is 5.97 Å². The molecule has 2 N–H and O–H groups in total. The zero-order valence-corrected chi connectivity index (χ0v) is 15.3. The molecule has 0 aliphatic rings. The number of H-pyrrole nitrogens is 1. The molecule has 0 saturated carbocycles. The van der Waals surface area contributed by atoms with Crippen LogP contribution >= 0.6 is 0 Å². The van der Waals surface area contributed by atoms with Crippen molar-refractivity contribution in [1.29, 1.82) is 0 Å². The smallest absolute Gasteiger partial charge is 0.307 e. The molecule has 0 atom stereocenters. The molecule has 3 aromatic rings. The number of hydrogen-bond donors (Lipinski definition) is 2. The molecule has 26 heavy (non-hydrogen) atoms. The first kappa shape index (κ1) is 18.1. The van der Waals surface area contributed by atoms with E-state index in [1.54, 1.807) is 0 Å². The Kier molecular flexibility index (Phi) is 5.61. The lowest BCUT2D eigenvalue weighted by atomic mass is 10.00. The molecule has 0 radical (unpaired) electrons. The van der Waals surface area contributed by atoms with Gasteiger partial charge in [0.15, 0.2) is 0 Å². The first-order valence-electron chi connectivity index (χ1n) is 9.20. The first-order chi connectivity index (χ1) is 12.6. The van der Waals surface area contributed by atoms with Gasteiger partial charge in [-0.2, -0.15) is 0 Å². The monoisotopic (exact) mass is 351 g/mol. The van der Waals surface area contributed by atoms with Gasteiger partial charge in [-0.3, -0.25) is 4.79 Å². The summed E-state index contributed by atoms with van der Waals surface area (Å²) < 4.78 is 5.60. The van der Waals surface area contributed by atoms with Crippen molar-refractivity contribution in [3.05, 3.63) is 53.6 Å². The van der Waals surface area contributed by atoms with E-state index in [9.17, 15) is 9.90 Å². The lowest BCUT2D eigenvalue weighted by molar-refractivity contribution is -0.136. The average Bonchev–Trinajstić information content (AvgIpc) is 2.98. The Hall–Kier alpha value is -2.75. The molecule has 1 aromatic heterocycles. The van der Waals surface area contributed by atoms with E-state index in [1.807, 2.05) is 31.2 Å². The number of carboxylic acid groups (broad SMARTS) is 1. The fourth-order valence-electron chi connectivity index (χ4n) is 3.32. The largest absolute Gasteiger partial charge is 0.494 e. The normalized spacial score (nSPS) is 11.0. The molecule has 4 heteroatoms. The topological polar surface area (TPSA) is 62.3 Å². The van der Waals surface area contributed by atoms with E-state index in [4.69, 9.17) is 4.74 Å². The number of aromatic nitrogens is 1. The third-order valence-electron chi connectivity index (χ3n) is 4.55. The van der Waals surface area contributed by atoms with Crippen molar-refractivity contribution in [2.75, 3.05) is 6.61 Å². The number of ether oxygens (including phenoxy) is 1. The summed E-state index contributed by atoms with van der Waals surface area (Å²) in [6, 6.07) is 14.1. The second-order valence-corrected chi connectivity index (χ2v) is 6.49. The molecule has 0 unspecified atom stereocenters. The van der Waals surface area contributed by atoms with Crippen molar-refractivity contribution >= 4 is 16.9 Å². The van der Waals surface area contributed by atoms with Gasteiger partial charge in [0, 0.05) is 16.5 Å². The van der Waals surface area contributed by atoms with Gasteiger partial charge in [-0.15, -0.1) is 0 Å². The van der Waals surface area contributed by atoms with Gasteiger partial charge < -0.3 is 14.8 Å². The average molecular weight is 351 g/mol. The number of carbonyl (C=O) groups is 1. The summed E-state index contributed by atoms with van der Waals surface area (Å²) in [5.41, 5.74) is 4.85. The summed E-state index contributed by atoms with van der Waals surface area (Å²) in [4.78, 5) is 14.9. The summed E-state index contributed by atoms with van der Waals surface area (Å²) >= 11 is 0. The van der Waals surface area contributed by atoms with Gasteiger partial charge in [0.2, 0.25) is 0 Å². The van der Waals surface area contributed by atoms with Crippen LogP contribution in [0.25, 0.3) is 22.2 Å².